The third-order valence-corrected chi connectivity index (χ3v) is 1.77. The molecular weight excluding hydrogens is 174 g/mol. The largest absolute Gasteiger partial charge is 0.491 e. The van der Waals surface area contributed by atoms with Crippen LogP contribution in [0, 0.1) is 12.3 Å². The van der Waals surface area contributed by atoms with Gasteiger partial charge in [-0.15, -0.1) is 6.42 Å². The molecular formula is C12H15NO. The smallest absolute Gasteiger partial charge is 0.120 e. The maximum Gasteiger partial charge on any atom is 0.120 e. The van der Waals surface area contributed by atoms with E-state index < -0.39 is 0 Å². The van der Waals surface area contributed by atoms with E-state index in [9.17, 15) is 0 Å². The molecule has 0 aliphatic carbocycles. The minimum Gasteiger partial charge on any atom is -0.491 e. The summed E-state index contributed by atoms with van der Waals surface area (Å²) in [6.45, 7) is 3.96. The molecule has 0 saturated heterocycles. The van der Waals surface area contributed by atoms with E-state index in [0.717, 1.165) is 11.3 Å². The summed E-state index contributed by atoms with van der Waals surface area (Å²) in [7, 11) is 0. The van der Waals surface area contributed by atoms with Crippen LogP contribution < -0.4 is 10.5 Å². The predicted molar refractivity (Wildman–Crippen MR) is 58.0 cm³/mol. The second kappa shape index (κ2) is 4.69. The zero-order valence-corrected chi connectivity index (χ0v) is 8.53. The summed E-state index contributed by atoms with van der Waals surface area (Å²) >= 11 is 0. The number of hydrogen-bond donors (Lipinski definition) is 1. The monoisotopic (exact) mass is 189 g/mol. The van der Waals surface area contributed by atoms with Crippen LogP contribution in [0.5, 0.6) is 5.75 Å². The molecule has 0 heterocycles. The topological polar surface area (TPSA) is 35.2 Å². The number of ether oxygens (including phenoxy) is 1. The minimum absolute atomic E-state index is 0.160. The molecule has 0 spiro atoms. The molecule has 0 radical (unpaired) electrons. The van der Waals surface area contributed by atoms with Crippen molar-refractivity contribution in [3.63, 3.8) is 0 Å². The Balaban J connectivity index is 2.85. The van der Waals surface area contributed by atoms with E-state index >= 15 is 0 Å². The van der Waals surface area contributed by atoms with Gasteiger partial charge in [0.05, 0.1) is 12.1 Å². The molecule has 0 amide bonds. The number of nitrogens with two attached hydrogens (primary N) is 1. The number of terminal acetylenes is 1. The van der Waals surface area contributed by atoms with E-state index in [1.54, 1.807) is 0 Å². The van der Waals surface area contributed by atoms with Crippen molar-refractivity contribution in [1.82, 2.24) is 0 Å². The second-order valence-electron chi connectivity index (χ2n) is 3.38. The van der Waals surface area contributed by atoms with Gasteiger partial charge in [0.1, 0.15) is 5.75 Å². The van der Waals surface area contributed by atoms with Crippen LogP contribution in [0.1, 0.15) is 25.5 Å². The molecule has 0 aliphatic heterocycles. The van der Waals surface area contributed by atoms with Gasteiger partial charge < -0.3 is 10.5 Å². The summed E-state index contributed by atoms with van der Waals surface area (Å²) in [4.78, 5) is 0. The molecule has 1 rings (SSSR count). The average molecular weight is 189 g/mol. The van der Waals surface area contributed by atoms with Gasteiger partial charge in [-0.1, -0.05) is 18.1 Å². The highest BCUT2D eigenvalue weighted by molar-refractivity contribution is 5.33. The van der Waals surface area contributed by atoms with E-state index in [0.29, 0.717) is 0 Å². The van der Waals surface area contributed by atoms with Gasteiger partial charge in [-0.05, 0) is 31.5 Å². The van der Waals surface area contributed by atoms with Gasteiger partial charge in [-0.25, -0.2) is 0 Å². The van der Waals surface area contributed by atoms with Crippen molar-refractivity contribution in [1.29, 1.82) is 0 Å². The fourth-order valence-electron chi connectivity index (χ4n) is 1.15. The highest BCUT2D eigenvalue weighted by atomic mass is 16.5. The van der Waals surface area contributed by atoms with Crippen LogP contribution >= 0.6 is 0 Å². The zero-order valence-electron chi connectivity index (χ0n) is 8.53. The van der Waals surface area contributed by atoms with Gasteiger partial charge >= 0.3 is 0 Å². The molecule has 0 saturated carbocycles. The quantitative estimate of drug-likeness (QED) is 0.739. The lowest BCUT2D eigenvalue weighted by atomic mass is 10.1. The van der Waals surface area contributed by atoms with Crippen molar-refractivity contribution in [3.05, 3.63) is 29.8 Å². The van der Waals surface area contributed by atoms with Gasteiger partial charge in [0.2, 0.25) is 0 Å². The summed E-state index contributed by atoms with van der Waals surface area (Å²) in [5.74, 6) is 3.29. The fraction of sp³-hybridized carbons (Fsp3) is 0.333. The van der Waals surface area contributed by atoms with Gasteiger partial charge in [-0.3, -0.25) is 0 Å². The van der Waals surface area contributed by atoms with Crippen LogP contribution in [-0.4, -0.2) is 6.10 Å². The Bertz CT molecular complexity index is 338. The van der Waals surface area contributed by atoms with E-state index in [1.165, 1.54) is 0 Å². The third-order valence-electron chi connectivity index (χ3n) is 1.77. The lowest BCUT2D eigenvalue weighted by molar-refractivity contribution is 0.242. The van der Waals surface area contributed by atoms with Crippen molar-refractivity contribution in [2.45, 2.75) is 26.0 Å². The first-order valence-corrected chi connectivity index (χ1v) is 4.62. The molecule has 0 fully saturated rings. The molecule has 14 heavy (non-hydrogen) atoms. The maximum atomic E-state index is 5.70. The minimum atomic E-state index is -0.356. The molecule has 0 bridgehead atoms. The highest BCUT2D eigenvalue weighted by Crippen LogP contribution is 2.18. The molecule has 1 unspecified atom stereocenters. The summed E-state index contributed by atoms with van der Waals surface area (Å²) < 4.78 is 5.53. The van der Waals surface area contributed by atoms with Gasteiger partial charge in [0.25, 0.3) is 0 Å². The second-order valence-corrected chi connectivity index (χ2v) is 3.38. The molecule has 2 nitrogen and oxygen atoms in total. The molecule has 2 heteroatoms. The van der Waals surface area contributed by atoms with Crippen molar-refractivity contribution in [2.75, 3.05) is 0 Å². The van der Waals surface area contributed by atoms with E-state index in [1.807, 2.05) is 38.1 Å². The Kier molecular flexibility index (Phi) is 3.55. The first kappa shape index (κ1) is 10.6. The van der Waals surface area contributed by atoms with Gasteiger partial charge in [0, 0.05) is 0 Å². The first-order chi connectivity index (χ1) is 6.63. The Morgan fingerprint density at radius 1 is 1.43 bits per heavy atom. The SMILES string of the molecule is C#CC(N)c1cccc(OC(C)C)c1. The summed E-state index contributed by atoms with van der Waals surface area (Å²) in [5.41, 5.74) is 6.61. The predicted octanol–water partition coefficient (Wildman–Crippen LogP) is 2.11. The van der Waals surface area contributed by atoms with Crippen LogP contribution in [0.3, 0.4) is 0 Å². The molecule has 0 aromatic heterocycles. The Hall–Kier alpha value is -1.46. The number of benzene rings is 1. The molecule has 2 N–H and O–H groups in total. The number of rotatable bonds is 3. The van der Waals surface area contributed by atoms with E-state index in [4.69, 9.17) is 16.9 Å². The van der Waals surface area contributed by atoms with Gasteiger partial charge in [-0.2, -0.15) is 0 Å². The van der Waals surface area contributed by atoms with Crippen LogP contribution in [-0.2, 0) is 0 Å². The summed E-state index contributed by atoms with van der Waals surface area (Å²) in [6.07, 6.45) is 5.40. The Labute approximate surface area is 85.1 Å². The van der Waals surface area contributed by atoms with Crippen LogP contribution in [0.4, 0.5) is 0 Å². The molecule has 74 valence electrons. The van der Waals surface area contributed by atoms with E-state index in [-0.39, 0.29) is 12.1 Å². The normalized spacial score (nSPS) is 12.2. The third kappa shape index (κ3) is 2.79. The van der Waals surface area contributed by atoms with Crippen molar-refractivity contribution in [3.8, 4) is 18.1 Å². The van der Waals surface area contributed by atoms with Gasteiger partial charge in [0.15, 0.2) is 0 Å². The van der Waals surface area contributed by atoms with Crippen molar-refractivity contribution in [2.24, 2.45) is 5.73 Å². The highest BCUT2D eigenvalue weighted by Gasteiger charge is 2.03. The lowest BCUT2D eigenvalue weighted by Gasteiger charge is -2.11. The Morgan fingerprint density at radius 2 is 2.14 bits per heavy atom. The van der Waals surface area contributed by atoms with Crippen molar-refractivity contribution >= 4 is 0 Å². The lowest BCUT2D eigenvalue weighted by Crippen LogP contribution is -2.09. The fourth-order valence-corrected chi connectivity index (χ4v) is 1.15. The zero-order chi connectivity index (χ0) is 10.6. The maximum absolute atomic E-state index is 5.70. The summed E-state index contributed by atoms with van der Waals surface area (Å²) in [5, 5.41) is 0. The standard InChI is InChI=1S/C12H15NO/c1-4-12(13)10-6-5-7-11(8-10)14-9(2)3/h1,5-9,12H,13H2,2-3H3. The van der Waals surface area contributed by atoms with E-state index in [2.05, 4.69) is 5.92 Å². The Morgan fingerprint density at radius 3 is 2.71 bits per heavy atom. The molecule has 1 aromatic rings. The van der Waals surface area contributed by atoms with Crippen molar-refractivity contribution < 1.29 is 4.74 Å². The van der Waals surface area contributed by atoms with Crippen LogP contribution in [0.15, 0.2) is 24.3 Å². The first-order valence-electron chi connectivity index (χ1n) is 4.62. The van der Waals surface area contributed by atoms with Crippen LogP contribution in [0.2, 0.25) is 0 Å². The summed E-state index contributed by atoms with van der Waals surface area (Å²) in [6, 6.07) is 7.21. The van der Waals surface area contributed by atoms with Crippen LogP contribution in [0.25, 0.3) is 0 Å². The molecule has 1 atom stereocenters. The molecule has 0 aliphatic rings. The molecule has 1 aromatic carbocycles. The average Bonchev–Trinajstić information content (AvgIpc) is 2.16. The number of hydrogen-bond acceptors (Lipinski definition) is 2.